The van der Waals surface area contributed by atoms with E-state index >= 15 is 0 Å². The van der Waals surface area contributed by atoms with Crippen molar-refractivity contribution in [1.82, 2.24) is 0 Å². The van der Waals surface area contributed by atoms with Crippen molar-refractivity contribution >= 4 is 28.9 Å². The number of anilines is 2. The van der Waals surface area contributed by atoms with Crippen LogP contribution in [0.1, 0.15) is 21.5 Å². The third kappa shape index (κ3) is 2.78. The van der Waals surface area contributed by atoms with Crippen LogP contribution in [-0.2, 0) is 0 Å². The minimum atomic E-state index is -0.100. The van der Waals surface area contributed by atoms with Gasteiger partial charge in [0, 0.05) is 17.6 Å². The van der Waals surface area contributed by atoms with Crippen LogP contribution < -0.4 is 10.6 Å². The molecule has 0 spiro atoms. The largest absolute Gasteiger partial charge is 0.397 e. The van der Waals surface area contributed by atoms with Crippen molar-refractivity contribution in [2.75, 3.05) is 17.7 Å². The lowest BCUT2D eigenvalue weighted by Gasteiger charge is -2.20. The monoisotopic (exact) mass is 288 g/mol. The summed E-state index contributed by atoms with van der Waals surface area (Å²) in [7, 11) is 1.70. The second-order valence-corrected chi connectivity index (χ2v) is 5.32. The Kier molecular flexibility index (Phi) is 4.00. The standard InChI is InChI=1S/C16H17ClN2O/c1-10-4-6-13(11(2)8-10)16(20)19(3)15-9-12(17)5-7-14(15)18/h4-9H,18H2,1-3H3. The Morgan fingerprint density at radius 3 is 2.50 bits per heavy atom. The third-order valence-electron chi connectivity index (χ3n) is 3.27. The summed E-state index contributed by atoms with van der Waals surface area (Å²) in [5.74, 6) is -0.100. The van der Waals surface area contributed by atoms with E-state index in [1.165, 1.54) is 4.90 Å². The second kappa shape index (κ2) is 5.55. The zero-order valence-corrected chi connectivity index (χ0v) is 12.5. The molecule has 0 bridgehead atoms. The summed E-state index contributed by atoms with van der Waals surface area (Å²) < 4.78 is 0. The van der Waals surface area contributed by atoms with Gasteiger partial charge in [0.15, 0.2) is 0 Å². The lowest BCUT2D eigenvalue weighted by Crippen LogP contribution is -2.27. The number of hydrogen-bond acceptors (Lipinski definition) is 2. The molecule has 0 radical (unpaired) electrons. The number of carbonyl (C=O) groups is 1. The lowest BCUT2D eigenvalue weighted by molar-refractivity contribution is 0.0992. The maximum Gasteiger partial charge on any atom is 0.258 e. The summed E-state index contributed by atoms with van der Waals surface area (Å²) in [6, 6.07) is 10.8. The molecule has 1 amide bonds. The summed E-state index contributed by atoms with van der Waals surface area (Å²) in [5.41, 5.74) is 9.79. The molecule has 0 unspecified atom stereocenters. The van der Waals surface area contributed by atoms with E-state index in [0.717, 1.165) is 11.1 Å². The first-order valence-corrected chi connectivity index (χ1v) is 6.68. The van der Waals surface area contributed by atoms with Gasteiger partial charge in [0.05, 0.1) is 11.4 Å². The quantitative estimate of drug-likeness (QED) is 0.854. The van der Waals surface area contributed by atoms with Crippen molar-refractivity contribution in [2.24, 2.45) is 0 Å². The number of rotatable bonds is 2. The van der Waals surface area contributed by atoms with Crippen LogP contribution in [0.25, 0.3) is 0 Å². The van der Waals surface area contributed by atoms with Crippen LogP contribution >= 0.6 is 11.6 Å². The zero-order valence-electron chi connectivity index (χ0n) is 11.8. The van der Waals surface area contributed by atoms with Crippen molar-refractivity contribution in [2.45, 2.75) is 13.8 Å². The van der Waals surface area contributed by atoms with Crippen LogP contribution in [0.4, 0.5) is 11.4 Å². The number of nitrogens with two attached hydrogens (primary N) is 1. The van der Waals surface area contributed by atoms with E-state index in [4.69, 9.17) is 17.3 Å². The number of amides is 1. The molecule has 0 heterocycles. The normalized spacial score (nSPS) is 10.4. The number of halogens is 1. The molecule has 2 aromatic carbocycles. The molecule has 2 aromatic rings. The van der Waals surface area contributed by atoms with E-state index in [0.29, 0.717) is 22.0 Å². The highest BCUT2D eigenvalue weighted by Crippen LogP contribution is 2.27. The fourth-order valence-electron chi connectivity index (χ4n) is 2.15. The van der Waals surface area contributed by atoms with Gasteiger partial charge >= 0.3 is 0 Å². The highest BCUT2D eigenvalue weighted by Gasteiger charge is 2.17. The Morgan fingerprint density at radius 1 is 1.15 bits per heavy atom. The van der Waals surface area contributed by atoms with Gasteiger partial charge in [-0.15, -0.1) is 0 Å². The molecule has 0 aliphatic heterocycles. The molecule has 0 aliphatic rings. The SMILES string of the molecule is Cc1ccc(C(=O)N(C)c2cc(Cl)ccc2N)c(C)c1. The average Bonchev–Trinajstić information content (AvgIpc) is 2.40. The van der Waals surface area contributed by atoms with Gasteiger partial charge in [-0.25, -0.2) is 0 Å². The second-order valence-electron chi connectivity index (χ2n) is 4.89. The number of hydrogen-bond donors (Lipinski definition) is 1. The summed E-state index contributed by atoms with van der Waals surface area (Å²) in [5, 5.41) is 0.550. The molecule has 0 fully saturated rings. The van der Waals surface area contributed by atoms with Gasteiger partial charge in [-0.2, -0.15) is 0 Å². The van der Waals surface area contributed by atoms with Crippen LogP contribution in [0.3, 0.4) is 0 Å². The van der Waals surface area contributed by atoms with Gasteiger partial charge in [0.25, 0.3) is 5.91 Å². The summed E-state index contributed by atoms with van der Waals surface area (Å²) in [4.78, 5) is 14.1. The number of nitrogen functional groups attached to an aromatic ring is 1. The van der Waals surface area contributed by atoms with Gasteiger partial charge < -0.3 is 10.6 Å². The maximum absolute atomic E-state index is 12.6. The Morgan fingerprint density at radius 2 is 1.85 bits per heavy atom. The smallest absolute Gasteiger partial charge is 0.258 e. The van der Waals surface area contributed by atoms with Gasteiger partial charge in [0.1, 0.15) is 0 Å². The first-order valence-electron chi connectivity index (χ1n) is 6.30. The topological polar surface area (TPSA) is 46.3 Å². The average molecular weight is 289 g/mol. The van der Waals surface area contributed by atoms with E-state index in [1.54, 1.807) is 25.2 Å². The number of benzene rings is 2. The van der Waals surface area contributed by atoms with Gasteiger partial charge in [-0.05, 0) is 43.7 Å². The van der Waals surface area contributed by atoms with Crippen molar-refractivity contribution in [1.29, 1.82) is 0 Å². The molecule has 104 valence electrons. The minimum absolute atomic E-state index is 0.100. The maximum atomic E-state index is 12.6. The predicted molar refractivity (Wildman–Crippen MR) is 84.5 cm³/mol. The summed E-state index contributed by atoms with van der Waals surface area (Å²) in [6.07, 6.45) is 0. The molecule has 2 N–H and O–H groups in total. The molecule has 0 saturated carbocycles. The summed E-state index contributed by atoms with van der Waals surface area (Å²) >= 11 is 5.97. The van der Waals surface area contributed by atoms with Gasteiger partial charge in [0.2, 0.25) is 0 Å². The van der Waals surface area contributed by atoms with Gasteiger partial charge in [-0.3, -0.25) is 4.79 Å². The van der Waals surface area contributed by atoms with E-state index in [-0.39, 0.29) is 5.91 Å². The third-order valence-corrected chi connectivity index (χ3v) is 3.51. The first-order chi connectivity index (χ1) is 9.40. The number of nitrogens with zero attached hydrogens (tertiary/aromatic N) is 1. The van der Waals surface area contributed by atoms with Crippen molar-refractivity contribution in [3.05, 3.63) is 58.1 Å². The number of carbonyl (C=O) groups excluding carboxylic acids is 1. The van der Waals surface area contributed by atoms with Crippen molar-refractivity contribution in [3.8, 4) is 0 Å². The molecule has 0 saturated heterocycles. The van der Waals surface area contributed by atoms with Crippen LogP contribution in [0.15, 0.2) is 36.4 Å². The molecule has 0 aromatic heterocycles. The van der Waals surface area contributed by atoms with Crippen LogP contribution in [0.2, 0.25) is 5.02 Å². The molecule has 2 rings (SSSR count). The molecular formula is C16H17ClN2O. The van der Waals surface area contributed by atoms with E-state index in [9.17, 15) is 4.79 Å². The van der Waals surface area contributed by atoms with Crippen LogP contribution in [0.5, 0.6) is 0 Å². The molecule has 0 atom stereocenters. The molecule has 4 heteroatoms. The predicted octanol–water partition coefficient (Wildman–Crippen LogP) is 3.82. The Bertz CT molecular complexity index is 668. The number of aryl methyl sites for hydroxylation is 2. The zero-order chi connectivity index (χ0) is 14.9. The Hall–Kier alpha value is -2.00. The van der Waals surface area contributed by atoms with Crippen molar-refractivity contribution < 1.29 is 4.79 Å². The first kappa shape index (κ1) is 14.4. The molecule has 3 nitrogen and oxygen atoms in total. The van der Waals surface area contributed by atoms with Gasteiger partial charge in [-0.1, -0.05) is 29.3 Å². The highest BCUT2D eigenvalue weighted by atomic mass is 35.5. The van der Waals surface area contributed by atoms with Crippen LogP contribution in [0, 0.1) is 13.8 Å². The van der Waals surface area contributed by atoms with E-state index < -0.39 is 0 Å². The fraction of sp³-hybridized carbons (Fsp3) is 0.188. The fourth-order valence-corrected chi connectivity index (χ4v) is 2.32. The Labute approximate surface area is 124 Å². The van der Waals surface area contributed by atoms with E-state index in [2.05, 4.69) is 0 Å². The van der Waals surface area contributed by atoms with Crippen LogP contribution in [-0.4, -0.2) is 13.0 Å². The molecule has 0 aliphatic carbocycles. The lowest BCUT2D eigenvalue weighted by atomic mass is 10.0. The van der Waals surface area contributed by atoms with Crippen molar-refractivity contribution in [3.63, 3.8) is 0 Å². The Balaban J connectivity index is 2.40. The van der Waals surface area contributed by atoms with E-state index in [1.807, 2.05) is 32.0 Å². The molecule has 20 heavy (non-hydrogen) atoms. The highest BCUT2D eigenvalue weighted by molar-refractivity contribution is 6.31. The summed E-state index contributed by atoms with van der Waals surface area (Å²) in [6.45, 7) is 3.93. The minimum Gasteiger partial charge on any atom is -0.397 e. The molecular weight excluding hydrogens is 272 g/mol.